The number of nitrogens with one attached hydrogen (secondary N) is 1. The number of rotatable bonds is 12. The van der Waals surface area contributed by atoms with Crippen LogP contribution in [0.25, 0.3) is 0 Å². The fourth-order valence-corrected chi connectivity index (χ4v) is 6.74. The minimum absolute atomic E-state index is 0.0203. The quantitative estimate of drug-likeness (QED) is 0.186. The van der Waals surface area contributed by atoms with Gasteiger partial charge in [0.15, 0.2) is 0 Å². The fraction of sp³-hybridized carbons (Fsp3) is 0.235. The zero-order chi connectivity index (χ0) is 31.9. The third-order valence-corrected chi connectivity index (χ3v) is 9.48. The van der Waals surface area contributed by atoms with Crippen molar-refractivity contribution in [2.45, 2.75) is 50.7 Å². The number of hydrogen-bond donors (Lipinski definition) is 1. The number of carbonyl (C=O) groups excluding carboxylic acids is 2. The lowest BCUT2D eigenvalue weighted by atomic mass is 10.0. The predicted molar refractivity (Wildman–Crippen MR) is 176 cm³/mol. The van der Waals surface area contributed by atoms with Gasteiger partial charge in [-0.05, 0) is 73.9 Å². The zero-order valence-electron chi connectivity index (χ0n) is 24.8. The number of anilines is 1. The molecule has 0 saturated heterocycles. The van der Waals surface area contributed by atoms with Gasteiger partial charge >= 0.3 is 0 Å². The standard InChI is InChI=1S/C34H35Cl2N3O4S/c1-24(2)37-34(41)32(21-26-12-6-4-7-13-26)38(22-27-14-10-15-28(35)20-27)33(40)23-39(31-19-11-18-30(36)25(31)3)44(42,43)29-16-8-5-9-17-29/h4-20,24,32H,21-23H2,1-3H3,(H,37,41)/t32-/m0/s1. The van der Waals surface area contributed by atoms with Crippen LogP contribution >= 0.6 is 23.2 Å². The van der Waals surface area contributed by atoms with Gasteiger partial charge in [0.1, 0.15) is 12.6 Å². The molecule has 0 heterocycles. The number of amides is 2. The number of nitrogens with zero attached hydrogens (tertiary/aromatic N) is 2. The molecule has 0 saturated carbocycles. The average molecular weight is 653 g/mol. The molecule has 0 aliphatic rings. The molecule has 0 aliphatic heterocycles. The normalized spacial score (nSPS) is 12.0. The zero-order valence-corrected chi connectivity index (χ0v) is 27.1. The molecule has 4 aromatic rings. The van der Waals surface area contributed by atoms with E-state index in [0.717, 1.165) is 9.87 Å². The highest BCUT2D eigenvalue weighted by Crippen LogP contribution is 2.31. The SMILES string of the molecule is Cc1c(Cl)cccc1N(CC(=O)N(Cc1cccc(Cl)c1)[C@@H](Cc1ccccc1)C(=O)NC(C)C)S(=O)(=O)c1ccccc1. The van der Waals surface area contributed by atoms with E-state index in [1.165, 1.54) is 17.0 Å². The highest BCUT2D eigenvalue weighted by atomic mass is 35.5. The molecule has 0 aliphatic carbocycles. The van der Waals surface area contributed by atoms with Crippen LogP contribution in [0.5, 0.6) is 0 Å². The van der Waals surface area contributed by atoms with E-state index in [0.29, 0.717) is 21.2 Å². The number of hydrogen-bond acceptors (Lipinski definition) is 4. The van der Waals surface area contributed by atoms with Crippen LogP contribution in [0.15, 0.2) is 108 Å². The topological polar surface area (TPSA) is 86.8 Å². The summed E-state index contributed by atoms with van der Waals surface area (Å²) in [7, 11) is -4.22. The minimum atomic E-state index is -4.22. The second kappa shape index (κ2) is 14.8. The van der Waals surface area contributed by atoms with Crippen LogP contribution in [0.4, 0.5) is 5.69 Å². The van der Waals surface area contributed by atoms with Crippen molar-refractivity contribution < 1.29 is 18.0 Å². The Kier molecular flexibility index (Phi) is 11.1. The van der Waals surface area contributed by atoms with Crippen molar-refractivity contribution in [2.24, 2.45) is 0 Å². The van der Waals surface area contributed by atoms with Crippen molar-refractivity contribution in [3.05, 3.63) is 130 Å². The van der Waals surface area contributed by atoms with Crippen LogP contribution in [0, 0.1) is 6.92 Å². The monoisotopic (exact) mass is 651 g/mol. The molecule has 4 rings (SSSR count). The summed E-state index contributed by atoms with van der Waals surface area (Å²) >= 11 is 12.7. The first-order valence-corrected chi connectivity index (χ1v) is 16.4. The summed E-state index contributed by atoms with van der Waals surface area (Å²) in [4.78, 5) is 29.7. The molecular formula is C34H35Cl2N3O4S. The highest BCUT2D eigenvalue weighted by molar-refractivity contribution is 7.92. The molecule has 0 spiro atoms. The summed E-state index contributed by atoms with van der Waals surface area (Å²) in [5, 5.41) is 3.78. The Labute approximate surface area is 269 Å². The molecule has 1 atom stereocenters. The summed E-state index contributed by atoms with van der Waals surface area (Å²) in [6.45, 7) is 4.84. The largest absolute Gasteiger partial charge is 0.352 e. The van der Waals surface area contributed by atoms with Crippen LogP contribution in [0.1, 0.15) is 30.5 Å². The summed E-state index contributed by atoms with van der Waals surface area (Å²) < 4.78 is 29.3. The van der Waals surface area contributed by atoms with Crippen molar-refractivity contribution in [1.29, 1.82) is 0 Å². The molecule has 10 heteroatoms. The Balaban J connectivity index is 1.83. The number of sulfonamides is 1. The van der Waals surface area contributed by atoms with Crippen molar-refractivity contribution in [1.82, 2.24) is 10.2 Å². The summed E-state index contributed by atoms with van der Waals surface area (Å²) in [5.74, 6) is -0.917. The maximum absolute atomic E-state index is 14.5. The third-order valence-electron chi connectivity index (χ3n) is 7.06. The minimum Gasteiger partial charge on any atom is -0.352 e. The van der Waals surface area contributed by atoms with Gasteiger partial charge in [-0.3, -0.25) is 13.9 Å². The van der Waals surface area contributed by atoms with E-state index in [4.69, 9.17) is 23.2 Å². The Bertz CT molecular complexity index is 1700. The summed E-state index contributed by atoms with van der Waals surface area (Å²) in [6.07, 6.45) is 0.216. The lowest BCUT2D eigenvalue weighted by Crippen LogP contribution is -2.54. The number of halogens is 2. The van der Waals surface area contributed by atoms with Gasteiger partial charge in [-0.1, -0.05) is 89.9 Å². The Hall–Kier alpha value is -3.85. The average Bonchev–Trinajstić information content (AvgIpc) is 2.99. The van der Waals surface area contributed by atoms with E-state index in [1.807, 2.05) is 50.2 Å². The Morgan fingerprint density at radius 2 is 1.43 bits per heavy atom. The van der Waals surface area contributed by atoms with Gasteiger partial charge in [-0.2, -0.15) is 0 Å². The fourth-order valence-electron chi connectivity index (χ4n) is 4.87. The Morgan fingerprint density at radius 1 is 0.818 bits per heavy atom. The van der Waals surface area contributed by atoms with Crippen molar-refractivity contribution in [3.8, 4) is 0 Å². The molecular weight excluding hydrogens is 617 g/mol. The smallest absolute Gasteiger partial charge is 0.264 e. The van der Waals surface area contributed by atoms with Crippen LogP contribution in [-0.4, -0.2) is 43.8 Å². The molecule has 0 fully saturated rings. The number of benzene rings is 4. The van der Waals surface area contributed by atoms with E-state index in [9.17, 15) is 18.0 Å². The van der Waals surface area contributed by atoms with E-state index < -0.39 is 28.5 Å². The van der Waals surface area contributed by atoms with Crippen molar-refractivity contribution in [2.75, 3.05) is 10.8 Å². The molecule has 0 unspecified atom stereocenters. The van der Waals surface area contributed by atoms with Gasteiger partial charge in [-0.15, -0.1) is 0 Å². The van der Waals surface area contributed by atoms with Crippen molar-refractivity contribution >= 4 is 50.7 Å². The molecule has 44 heavy (non-hydrogen) atoms. The summed E-state index contributed by atoms with van der Waals surface area (Å²) in [5.41, 5.74) is 2.31. The van der Waals surface area contributed by atoms with Gasteiger partial charge in [0.25, 0.3) is 10.0 Å². The van der Waals surface area contributed by atoms with E-state index >= 15 is 0 Å². The molecule has 0 aromatic heterocycles. The first-order chi connectivity index (χ1) is 21.0. The second-order valence-electron chi connectivity index (χ2n) is 10.7. The molecule has 230 valence electrons. The lowest BCUT2D eigenvalue weighted by molar-refractivity contribution is -0.140. The van der Waals surface area contributed by atoms with Crippen LogP contribution < -0.4 is 9.62 Å². The van der Waals surface area contributed by atoms with Gasteiger partial charge in [-0.25, -0.2) is 8.42 Å². The maximum atomic E-state index is 14.5. The van der Waals surface area contributed by atoms with Crippen LogP contribution in [-0.2, 0) is 32.6 Å². The molecule has 0 radical (unpaired) electrons. The van der Waals surface area contributed by atoms with Gasteiger partial charge in [0.05, 0.1) is 10.6 Å². The molecule has 2 amide bonds. The van der Waals surface area contributed by atoms with Crippen LogP contribution in [0.3, 0.4) is 0 Å². The van der Waals surface area contributed by atoms with Gasteiger partial charge in [0.2, 0.25) is 11.8 Å². The lowest BCUT2D eigenvalue weighted by Gasteiger charge is -2.34. The van der Waals surface area contributed by atoms with E-state index in [-0.39, 0.29) is 35.5 Å². The molecule has 7 nitrogen and oxygen atoms in total. The molecule has 1 N–H and O–H groups in total. The first kappa shape index (κ1) is 33.1. The van der Waals surface area contributed by atoms with Crippen LogP contribution in [0.2, 0.25) is 10.0 Å². The first-order valence-electron chi connectivity index (χ1n) is 14.2. The summed E-state index contributed by atoms with van der Waals surface area (Å²) in [6, 6.07) is 28.1. The molecule has 0 bridgehead atoms. The highest BCUT2D eigenvalue weighted by Gasteiger charge is 2.35. The molecule has 4 aromatic carbocycles. The maximum Gasteiger partial charge on any atom is 0.264 e. The third kappa shape index (κ3) is 8.20. The van der Waals surface area contributed by atoms with E-state index in [1.54, 1.807) is 61.5 Å². The number of carbonyl (C=O) groups is 2. The Morgan fingerprint density at radius 3 is 2.07 bits per heavy atom. The van der Waals surface area contributed by atoms with Crippen molar-refractivity contribution in [3.63, 3.8) is 0 Å². The predicted octanol–water partition coefficient (Wildman–Crippen LogP) is 6.66. The van der Waals surface area contributed by atoms with Gasteiger partial charge in [0, 0.05) is 29.1 Å². The van der Waals surface area contributed by atoms with E-state index in [2.05, 4.69) is 5.32 Å². The van der Waals surface area contributed by atoms with Gasteiger partial charge < -0.3 is 10.2 Å². The second-order valence-corrected chi connectivity index (χ2v) is 13.4.